The van der Waals surface area contributed by atoms with Gasteiger partial charge in [0.25, 0.3) is 0 Å². The van der Waals surface area contributed by atoms with Gasteiger partial charge in [-0.3, -0.25) is 24.0 Å². The second-order valence-electron chi connectivity index (χ2n) is 7.21. The highest BCUT2D eigenvalue weighted by atomic mass is 16.4. The molecule has 4 amide bonds. The van der Waals surface area contributed by atoms with Crippen LogP contribution in [-0.2, 0) is 28.8 Å². The molecular formula is C17H29N5O9. The Morgan fingerprint density at radius 2 is 1.29 bits per heavy atom. The lowest BCUT2D eigenvalue weighted by molar-refractivity contribution is -0.144. The molecule has 0 bridgehead atoms. The standard InChI is InChI=1S/C17H29N5O9/c1-7(2)3-10(17(30)31)21-16(29)11(6-23)22-15(28)9(5-13(25)26)20-14(27)8(18)4-12(19)24/h7-11,23H,3-6,18H2,1-2H3,(H2,19,24)(H,20,27)(H,21,29)(H,22,28)(H,25,26)(H,30,31). The molecule has 14 nitrogen and oxygen atoms in total. The molecule has 0 aromatic carbocycles. The number of nitrogens with one attached hydrogen (secondary N) is 3. The maximum Gasteiger partial charge on any atom is 0.326 e. The van der Waals surface area contributed by atoms with E-state index in [0.29, 0.717) is 0 Å². The Morgan fingerprint density at radius 1 is 0.806 bits per heavy atom. The van der Waals surface area contributed by atoms with Crippen LogP contribution < -0.4 is 27.4 Å². The average Bonchev–Trinajstić information content (AvgIpc) is 2.63. The van der Waals surface area contributed by atoms with E-state index in [0.717, 1.165) is 0 Å². The van der Waals surface area contributed by atoms with Gasteiger partial charge in [0.1, 0.15) is 18.1 Å². The minimum absolute atomic E-state index is 0.0802. The van der Waals surface area contributed by atoms with Crippen molar-refractivity contribution in [2.75, 3.05) is 6.61 Å². The van der Waals surface area contributed by atoms with E-state index < -0.39 is 79.2 Å². The van der Waals surface area contributed by atoms with Crippen molar-refractivity contribution in [2.24, 2.45) is 17.4 Å². The molecule has 0 aliphatic heterocycles. The molecule has 0 spiro atoms. The van der Waals surface area contributed by atoms with Gasteiger partial charge >= 0.3 is 11.9 Å². The zero-order valence-electron chi connectivity index (χ0n) is 17.2. The van der Waals surface area contributed by atoms with Gasteiger partial charge in [-0.15, -0.1) is 0 Å². The van der Waals surface area contributed by atoms with Crippen LogP contribution in [0.4, 0.5) is 0 Å². The van der Waals surface area contributed by atoms with Crippen LogP contribution in [-0.4, -0.2) is 81.7 Å². The fraction of sp³-hybridized carbons (Fsp3) is 0.647. The molecule has 0 aromatic rings. The summed E-state index contributed by atoms with van der Waals surface area (Å²) in [5.74, 6) is -6.97. The van der Waals surface area contributed by atoms with Gasteiger partial charge < -0.3 is 42.7 Å². The molecule has 0 aliphatic carbocycles. The smallest absolute Gasteiger partial charge is 0.326 e. The summed E-state index contributed by atoms with van der Waals surface area (Å²) < 4.78 is 0. The quantitative estimate of drug-likeness (QED) is 0.129. The van der Waals surface area contributed by atoms with Crippen LogP contribution >= 0.6 is 0 Å². The van der Waals surface area contributed by atoms with Gasteiger partial charge in [0.05, 0.1) is 25.5 Å². The first-order valence-corrected chi connectivity index (χ1v) is 9.28. The van der Waals surface area contributed by atoms with Crippen molar-refractivity contribution < 1.29 is 44.1 Å². The normalized spacial score (nSPS) is 14.6. The molecule has 0 rings (SSSR count). The van der Waals surface area contributed by atoms with E-state index >= 15 is 0 Å². The summed E-state index contributed by atoms with van der Waals surface area (Å²) in [6.07, 6.45) is -1.37. The van der Waals surface area contributed by atoms with Crippen LogP contribution in [0.5, 0.6) is 0 Å². The van der Waals surface area contributed by atoms with Crippen molar-refractivity contribution >= 4 is 35.6 Å². The van der Waals surface area contributed by atoms with Crippen molar-refractivity contribution in [3.05, 3.63) is 0 Å². The number of carboxylic acids is 2. The third-order valence-electron chi connectivity index (χ3n) is 3.91. The number of hydrogen-bond donors (Lipinski definition) is 8. The zero-order chi connectivity index (χ0) is 24.3. The number of carbonyl (C=O) groups is 6. The molecule has 0 saturated heterocycles. The van der Waals surface area contributed by atoms with Crippen LogP contribution in [0, 0.1) is 5.92 Å². The van der Waals surface area contributed by atoms with Crippen molar-refractivity contribution in [3.63, 3.8) is 0 Å². The van der Waals surface area contributed by atoms with Gasteiger partial charge in [-0.1, -0.05) is 13.8 Å². The summed E-state index contributed by atoms with van der Waals surface area (Å²) in [6.45, 7) is 2.53. The van der Waals surface area contributed by atoms with E-state index in [1.807, 2.05) is 5.32 Å². The third kappa shape index (κ3) is 10.9. The van der Waals surface area contributed by atoms with E-state index in [4.69, 9.17) is 16.6 Å². The van der Waals surface area contributed by atoms with E-state index in [9.17, 15) is 39.0 Å². The second-order valence-corrected chi connectivity index (χ2v) is 7.21. The van der Waals surface area contributed by atoms with Crippen molar-refractivity contribution in [2.45, 2.75) is 57.3 Å². The Balaban J connectivity index is 5.27. The van der Waals surface area contributed by atoms with Gasteiger partial charge in [0.15, 0.2) is 0 Å². The molecule has 31 heavy (non-hydrogen) atoms. The number of aliphatic carboxylic acids is 2. The van der Waals surface area contributed by atoms with E-state index in [1.54, 1.807) is 13.8 Å². The monoisotopic (exact) mass is 447 g/mol. The summed E-state index contributed by atoms with van der Waals surface area (Å²) in [6, 6.07) is -6.03. The maximum absolute atomic E-state index is 12.4. The molecule has 14 heteroatoms. The molecule has 0 radical (unpaired) electrons. The number of nitrogens with two attached hydrogens (primary N) is 2. The molecule has 10 N–H and O–H groups in total. The number of primary amides is 1. The number of aliphatic hydroxyl groups is 1. The van der Waals surface area contributed by atoms with Crippen molar-refractivity contribution in [3.8, 4) is 0 Å². The summed E-state index contributed by atoms with van der Waals surface area (Å²) in [5.41, 5.74) is 10.4. The Labute approximate surface area is 177 Å². The summed E-state index contributed by atoms with van der Waals surface area (Å²) in [4.78, 5) is 69.8. The molecule has 0 fully saturated rings. The van der Waals surface area contributed by atoms with Gasteiger partial charge in [0.2, 0.25) is 23.6 Å². The van der Waals surface area contributed by atoms with Crippen LogP contribution in [0.1, 0.15) is 33.1 Å². The Morgan fingerprint density at radius 3 is 1.71 bits per heavy atom. The molecule has 0 saturated carbocycles. The fourth-order valence-electron chi connectivity index (χ4n) is 2.40. The largest absolute Gasteiger partial charge is 0.481 e. The number of hydrogen-bond acceptors (Lipinski definition) is 8. The molecule has 0 heterocycles. The third-order valence-corrected chi connectivity index (χ3v) is 3.91. The van der Waals surface area contributed by atoms with Gasteiger partial charge in [-0.05, 0) is 12.3 Å². The lowest BCUT2D eigenvalue weighted by Gasteiger charge is -2.24. The van der Waals surface area contributed by atoms with Gasteiger partial charge in [-0.25, -0.2) is 4.79 Å². The SMILES string of the molecule is CC(C)CC(NC(=O)C(CO)NC(=O)C(CC(=O)O)NC(=O)C(N)CC(N)=O)C(=O)O. The number of carbonyl (C=O) groups excluding carboxylic acids is 4. The number of aliphatic hydroxyl groups excluding tert-OH is 1. The predicted octanol–water partition coefficient (Wildman–Crippen LogP) is -3.76. The first kappa shape index (κ1) is 27.7. The average molecular weight is 447 g/mol. The van der Waals surface area contributed by atoms with Crippen molar-refractivity contribution in [1.82, 2.24) is 16.0 Å². The van der Waals surface area contributed by atoms with E-state index in [1.165, 1.54) is 0 Å². The summed E-state index contributed by atoms with van der Waals surface area (Å²) in [5, 5.41) is 33.8. The highest BCUT2D eigenvalue weighted by Gasteiger charge is 2.31. The first-order chi connectivity index (χ1) is 14.3. The molecule has 4 atom stereocenters. The minimum Gasteiger partial charge on any atom is -0.481 e. The number of carboxylic acid groups (broad SMARTS) is 2. The predicted molar refractivity (Wildman–Crippen MR) is 104 cm³/mol. The lowest BCUT2D eigenvalue weighted by atomic mass is 10.0. The van der Waals surface area contributed by atoms with Gasteiger partial charge in [-0.2, -0.15) is 0 Å². The zero-order valence-corrected chi connectivity index (χ0v) is 17.2. The number of rotatable bonds is 14. The van der Waals surface area contributed by atoms with Crippen LogP contribution in [0.2, 0.25) is 0 Å². The second kappa shape index (κ2) is 13.1. The van der Waals surface area contributed by atoms with Gasteiger partial charge in [0, 0.05) is 0 Å². The lowest BCUT2D eigenvalue weighted by Crippen LogP contribution is -2.58. The highest BCUT2D eigenvalue weighted by molar-refractivity contribution is 5.96. The minimum atomic E-state index is -1.70. The van der Waals surface area contributed by atoms with E-state index in [-0.39, 0.29) is 12.3 Å². The Bertz CT molecular complexity index is 697. The van der Waals surface area contributed by atoms with Crippen LogP contribution in [0.25, 0.3) is 0 Å². The molecule has 0 aliphatic rings. The summed E-state index contributed by atoms with van der Waals surface area (Å²) in [7, 11) is 0. The molecular weight excluding hydrogens is 418 g/mol. The van der Waals surface area contributed by atoms with Crippen LogP contribution in [0.15, 0.2) is 0 Å². The van der Waals surface area contributed by atoms with Crippen LogP contribution in [0.3, 0.4) is 0 Å². The van der Waals surface area contributed by atoms with E-state index in [2.05, 4.69) is 10.6 Å². The fourth-order valence-corrected chi connectivity index (χ4v) is 2.40. The number of amides is 4. The molecule has 0 aromatic heterocycles. The topological polar surface area (TPSA) is 251 Å². The summed E-state index contributed by atoms with van der Waals surface area (Å²) >= 11 is 0. The first-order valence-electron chi connectivity index (χ1n) is 9.28. The highest BCUT2D eigenvalue weighted by Crippen LogP contribution is 2.05. The van der Waals surface area contributed by atoms with Crippen molar-refractivity contribution in [1.29, 1.82) is 0 Å². The Kier molecular flexibility index (Phi) is 11.7. The molecule has 4 unspecified atom stereocenters. The maximum atomic E-state index is 12.4. The Hall–Kier alpha value is -3.26. The molecule has 176 valence electrons.